The Morgan fingerprint density at radius 1 is 1.14 bits per heavy atom. The summed E-state index contributed by atoms with van der Waals surface area (Å²) in [5.74, 6) is 2.78. The van der Waals surface area contributed by atoms with E-state index < -0.39 is 0 Å². The number of piperidine rings is 1. The molecule has 3 heterocycles. The second-order valence-electron chi connectivity index (χ2n) is 9.69. The Morgan fingerprint density at radius 3 is 2.64 bits per heavy atom. The minimum Gasteiger partial charge on any atom is -0.489 e. The summed E-state index contributed by atoms with van der Waals surface area (Å²) in [6.45, 7) is 4.43. The molecule has 1 N–H and O–H groups in total. The first kappa shape index (κ1) is 24.6. The third kappa shape index (κ3) is 5.33. The number of pyridine rings is 1. The molecule has 1 aliphatic heterocycles. The van der Waals surface area contributed by atoms with E-state index in [4.69, 9.17) is 16.3 Å². The van der Waals surface area contributed by atoms with Crippen molar-refractivity contribution in [2.45, 2.75) is 51.6 Å². The van der Waals surface area contributed by atoms with Gasteiger partial charge in [-0.2, -0.15) is 0 Å². The van der Waals surface area contributed by atoms with E-state index in [1.165, 1.54) is 19.2 Å². The molecule has 3 aromatic rings. The number of benzene rings is 1. The van der Waals surface area contributed by atoms with Gasteiger partial charge in [0, 0.05) is 56.5 Å². The molecular formula is C27H33ClN6O2. The fraction of sp³-hybridized carbons (Fsp3) is 0.481. The van der Waals surface area contributed by atoms with Crippen molar-refractivity contribution in [2.24, 2.45) is 5.92 Å². The van der Waals surface area contributed by atoms with Crippen LogP contribution in [0.5, 0.6) is 5.75 Å². The summed E-state index contributed by atoms with van der Waals surface area (Å²) < 4.78 is 6.23. The van der Waals surface area contributed by atoms with E-state index in [1.807, 2.05) is 36.2 Å². The highest BCUT2D eigenvalue weighted by Crippen LogP contribution is 2.33. The maximum absolute atomic E-state index is 12.7. The molecule has 1 saturated heterocycles. The fourth-order valence-electron chi connectivity index (χ4n) is 5.03. The molecule has 1 amide bonds. The molecule has 2 aliphatic rings. The number of anilines is 3. The third-order valence-corrected chi connectivity index (χ3v) is 7.61. The number of fused-ring (bicyclic) bond motifs is 1. The highest BCUT2D eigenvalue weighted by atomic mass is 35.5. The van der Waals surface area contributed by atoms with Crippen LogP contribution < -0.4 is 15.0 Å². The molecule has 1 saturated carbocycles. The van der Waals surface area contributed by atoms with E-state index in [2.05, 4.69) is 32.1 Å². The number of likely N-dealkylation sites (tertiary alicyclic amines) is 1. The predicted molar refractivity (Wildman–Crippen MR) is 143 cm³/mol. The number of hydrogen-bond acceptors (Lipinski definition) is 7. The smallest absolute Gasteiger partial charge is 0.225 e. The van der Waals surface area contributed by atoms with Gasteiger partial charge in [0.15, 0.2) is 0 Å². The van der Waals surface area contributed by atoms with Gasteiger partial charge in [-0.15, -0.1) is 0 Å². The van der Waals surface area contributed by atoms with E-state index in [-0.39, 0.29) is 12.0 Å². The number of carbonyl (C=O) groups excluding carboxylic acids is 1. The minimum atomic E-state index is 0.0567. The summed E-state index contributed by atoms with van der Waals surface area (Å²) >= 11 is 6.60. The van der Waals surface area contributed by atoms with Gasteiger partial charge in [-0.25, -0.2) is 15.0 Å². The lowest BCUT2D eigenvalue weighted by Gasteiger charge is -2.33. The molecule has 36 heavy (non-hydrogen) atoms. The molecule has 0 atom stereocenters. The Kier molecular flexibility index (Phi) is 7.41. The van der Waals surface area contributed by atoms with Gasteiger partial charge in [-0.05, 0) is 44.0 Å². The number of carbonyl (C=O) groups is 1. The molecule has 1 aliphatic carbocycles. The van der Waals surface area contributed by atoms with Crippen LogP contribution in [0.4, 0.5) is 17.3 Å². The number of amides is 1. The van der Waals surface area contributed by atoms with Crippen LogP contribution in [0.1, 0.15) is 45.4 Å². The van der Waals surface area contributed by atoms with Crippen molar-refractivity contribution in [3.05, 3.63) is 41.8 Å². The topological polar surface area (TPSA) is 83.5 Å². The maximum Gasteiger partial charge on any atom is 0.225 e. The first-order valence-corrected chi connectivity index (χ1v) is 13.2. The zero-order chi connectivity index (χ0) is 25.1. The first-order valence-electron chi connectivity index (χ1n) is 12.9. The quantitative estimate of drug-likeness (QED) is 0.455. The molecule has 0 unspecified atom stereocenters. The largest absolute Gasteiger partial charge is 0.489 e. The highest BCUT2D eigenvalue weighted by molar-refractivity contribution is 6.32. The van der Waals surface area contributed by atoms with Crippen molar-refractivity contribution in [3.8, 4) is 5.75 Å². The number of nitrogens with one attached hydrogen (secondary N) is 1. The van der Waals surface area contributed by atoms with Crippen LogP contribution in [0, 0.1) is 5.92 Å². The average Bonchev–Trinajstić information content (AvgIpc) is 3.45. The van der Waals surface area contributed by atoms with Gasteiger partial charge >= 0.3 is 0 Å². The third-order valence-electron chi connectivity index (χ3n) is 7.32. The van der Waals surface area contributed by atoms with Crippen LogP contribution in [0.15, 0.2) is 36.8 Å². The summed E-state index contributed by atoms with van der Waals surface area (Å²) in [6, 6.07) is 7.67. The van der Waals surface area contributed by atoms with E-state index in [0.717, 1.165) is 67.7 Å². The van der Waals surface area contributed by atoms with E-state index >= 15 is 0 Å². The molecule has 0 bridgehead atoms. The van der Waals surface area contributed by atoms with Gasteiger partial charge in [-0.3, -0.25) is 4.79 Å². The second-order valence-corrected chi connectivity index (χ2v) is 10.1. The van der Waals surface area contributed by atoms with Crippen LogP contribution in [0.3, 0.4) is 0 Å². The molecule has 1 aromatic carbocycles. The molecule has 9 heteroatoms. The summed E-state index contributed by atoms with van der Waals surface area (Å²) in [7, 11) is 2.00. The molecule has 8 nitrogen and oxygen atoms in total. The SMILES string of the molecule is CCN(C)c1cc2c(Nc3ccc(OC4CCN(C(=O)C5CCCC5)CC4)c(Cl)c3)ncnc2cn1. The number of hydrogen-bond donors (Lipinski definition) is 1. The molecule has 0 spiro atoms. The van der Waals surface area contributed by atoms with Crippen LogP contribution in [-0.2, 0) is 4.79 Å². The summed E-state index contributed by atoms with van der Waals surface area (Å²) in [4.78, 5) is 30.1. The normalized spacial score (nSPS) is 16.9. The molecule has 190 valence electrons. The number of nitrogens with zero attached hydrogens (tertiary/aromatic N) is 5. The van der Waals surface area contributed by atoms with Gasteiger partial charge in [0.05, 0.1) is 16.7 Å². The summed E-state index contributed by atoms with van der Waals surface area (Å²) in [6.07, 6.45) is 9.45. The Labute approximate surface area is 217 Å². The molecular weight excluding hydrogens is 476 g/mol. The minimum absolute atomic E-state index is 0.0567. The van der Waals surface area contributed by atoms with Crippen LogP contribution in [-0.4, -0.2) is 58.5 Å². The molecule has 0 radical (unpaired) electrons. The maximum atomic E-state index is 12.7. The number of ether oxygens (including phenoxy) is 1. The second kappa shape index (κ2) is 10.9. The van der Waals surface area contributed by atoms with Gasteiger partial charge in [0.1, 0.15) is 29.8 Å². The van der Waals surface area contributed by atoms with Gasteiger partial charge in [0.2, 0.25) is 5.91 Å². The lowest BCUT2D eigenvalue weighted by Crippen LogP contribution is -2.44. The predicted octanol–water partition coefficient (Wildman–Crippen LogP) is 5.44. The summed E-state index contributed by atoms with van der Waals surface area (Å²) in [5, 5.41) is 4.79. The van der Waals surface area contributed by atoms with E-state index in [0.29, 0.717) is 22.5 Å². The lowest BCUT2D eigenvalue weighted by molar-refractivity contribution is -0.137. The lowest BCUT2D eigenvalue weighted by atomic mass is 10.0. The monoisotopic (exact) mass is 508 g/mol. The van der Waals surface area contributed by atoms with Crippen LogP contribution in [0.2, 0.25) is 5.02 Å². The van der Waals surface area contributed by atoms with Crippen LogP contribution in [0.25, 0.3) is 10.9 Å². The molecule has 2 aromatic heterocycles. The average molecular weight is 509 g/mol. The molecule has 5 rings (SSSR count). The molecule has 2 fully saturated rings. The van der Waals surface area contributed by atoms with E-state index in [1.54, 1.807) is 6.20 Å². The van der Waals surface area contributed by atoms with E-state index in [9.17, 15) is 4.79 Å². The summed E-state index contributed by atoms with van der Waals surface area (Å²) in [5.41, 5.74) is 1.58. The first-order chi connectivity index (χ1) is 17.5. The van der Waals surface area contributed by atoms with Crippen molar-refractivity contribution >= 4 is 45.7 Å². The standard InChI is InChI=1S/C27H33ClN6O2/c1-3-33(2)25-15-21-23(16-29-25)30-17-31-26(21)32-19-8-9-24(22(28)14-19)36-20-10-12-34(13-11-20)27(35)18-6-4-5-7-18/h8-9,14-18,20H,3-7,10-13H2,1-2H3,(H,30,31,32). The Morgan fingerprint density at radius 2 is 1.92 bits per heavy atom. The Balaban J connectivity index is 1.23. The van der Waals surface area contributed by atoms with Crippen molar-refractivity contribution in [3.63, 3.8) is 0 Å². The Hall–Kier alpha value is -3.13. The zero-order valence-corrected chi connectivity index (χ0v) is 21.7. The van der Waals surface area contributed by atoms with Crippen molar-refractivity contribution in [2.75, 3.05) is 36.9 Å². The van der Waals surface area contributed by atoms with Gasteiger partial charge in [-0.1, -0.05) is 24.4 Å². The van der Waals surface area contributed by atoms with Gasteiger partial charge < -0.3 is 19.9 Å². The van der Waals surface area contributed by atoms with Crippen molar-refractivity contribution in [1.82, 2.24) is 19.9 Å². The zero-order valence-electron chi connectivity index (χ0n) is 20.9. The van der Waals surface area contributed by atoms with Crippen molar-refractivity contribution < 1.29 is 9.53 Å². The number of halogens is 1. The number of rotatable bonds is 7. The van der Waals surface area contributed by atoms with Crippen molar-refractivity contribution in [1.29, 1.82) is 0 Å². The Bertz CT molecular complexity index is 1220. The number of aromatic nitrogens is 3. The fourth-order valence-corrected chi connectivity index (χ4v) is 5.26. The highest BCUT2D eigenvalue weighted by Gasteiger charge is 2.30. The van der Waals surface area contributed by atoms with Gasteiger partial charge in [0.25, 0.3) is 0 Å². The van der Waals surface area contributed by atoms with Crippen LogP contribution >= 0.6 is 11.6 Å².